The Hall–Kier alpha value is -1.87. The van der Waals surface area contributed by atoms with Crippen LogP contribution in [0.3, 0.4) is 0 Å². The highest BCUT2D eigenvalue weighted by atomic mass is 16.7. The SMILES string of the molecule is CCCCCCCCC(CCCCCC)COC(=O)CCCCC(CCCCCC)OC(=O)OCCN(CCOC(=O)CCCCCCC)CCN(CC)CC. The molecule has 0 aliphatic heterocycles. The van der Waals surface area contributed by atoms with Crippen LogP contribution in [0.1, 0.15) is 215 Å². The molecule has 0 aromatic carbocycles. The molecule has 0 saturated heterocycles. The van der Waals surface area contributed by atoms with Gasteiger partial charge in [0.05, 0.1) is 6.61 Å². The molecule has 0 spiro atoms. The van der Waals surface area contributed by atoms with Gasteiger partial charge in [-0.15, -0.1) is 0 Å². The lowest BCUT2D eigenvalue weighted by Gasteiger charge is -2.26. The van der Waals surface area contributed by atoms with Gasteiger partial charge in [0, 0.05) is 39.0 Å². The quantitative estimate of drug-likeness (QED) is 0.0340. The zero-order valence-corrected chi connectivity index (χ0v) is 37.9. The third kappa shape index (κ3) is 35.3. The van der Waals surface area contributed by atoms with Gasteiger partial charge < -0.3 is 23.8 Å². The predicted molar refractivity (Wildman–Crippen MR) is 233 cm³/mol. The van der Waals surface area contributed by atoms with Crippen molar-refractivity contribution in [2.45, 2.75) is 221 Å². The summed E-state index contributed by atoms with van der Waals surface area (Å²) in [5, 5.41) is 0. The molecule has 9 heteroatoms. The Balaban J connectivity index is 4.84. The van der Waals surface area contributed by atoms with Gasteiger partial charge in [0.1, 0.15) is 19.3 Å². The Morgan fingerprint density at radius 2 is 0.839 bits per heavy atom. The Labute approximate surface area is 346 Å². The van der Waals surface area contributed by atoms with E-state index in [1.54, 1.807) is 0 Å². The number of hydrogen-bond acceptors (Lipinski definition) is 9. The van der Waals surface area contributed by atoms with Crippen LogP contribution in [-0.4, -0.2) is 93.1 Å². The molecule has 0 fully saturated rings. The van der Waals surface area contributed by atoms with Crippen LogP contribution in [-0.2, 0) is 28.5 Å². The summed E-state index contributed by atoms with van der Waals surface area (Å²) < 4.78 is 22.8. The summed E-state index contributed by atoms with van der Waals surface area (Å²) in [5.41, 5.74) is 0. The van der Waals surface area contributed by atoms with Gasteiger partial charge >= 0.3 is 18.1 Å². The van der Waals surface area contributed by atoms with E-state index >= 15 is 0 Å². The molecule has 0 aromatic rings. The van der Waals surface area contributed by atoms with Crippen LogP contribution in [0, 0.1) is 5.92 Å². The van der Waals surface area contributed by atoms with Gasteiger partial charge in [-0.25, -0.2) is 4.79 Å². The van der Waals surface area contributed by atoms with Crippen molar-refractivity contribution in [3.8, 4) is 0 Å². The Morgan fingerprint density at radius 3 is 1.39 bits per heavy atom. The maximum atomic E-state index is 12.9. The summed E-state index contributed by atoms with van der Waals surface area (Å²) in [6, 6.07) is 0. The molecule has 0 aromatic heterocycles. The molecule has 0 amide bonds. The molecular formula is C47H92N2O7. The lowest BCUT2D eigenvalue weighted by Crippen LogP contribution is -2.39. The number of esters is 2. The summed E-state index contributed by atoms with van der Waals surface area (Å²) in [4.78, 5) is 42.4. The largest absolute Gasteiger partial charge is 0.508 e. The van der Waals surface area contributed by atoms with Crippen molar-refractivity contribution in [1.29, 1.82) is 0 Å². The van der Waals surface area contributed by atoms with Gasteiger partial charge in [0.2, 0.25) is 0 Å². The molecule has 2 atom stereocenters. The summed E-state index contributed by atoms with van der Waals surface area (Å²) in [5.74, 6) is 0.234. The average Bonchev–Trinajstić information content (AvgIpc) is 3.19. The minimum Gasteiger partial charge on any atom is -0.465 e. The van der Waals surface area contributed by atoms with Gasteiger partial charge in [-0.05, 0) is 70.4 Å². The van der Waals surface area contributed by atoms with Crippen LogP contribution >= 0.6 is 0 Å². The van der Waals surface area contributed by atoms with Gasteiger partial charge in [-0.2, -0.15) is 0 Å². The molecule has 0 rings (SSSR count). The Morgan fingerprint density at radius 1 is 0.429 bits per heavy atom. The van der Waals surface area contributed by atoms with Crippen LogP contribution in [0.4, 0.5) is 4.79 Å². The van der Waals surface area contributed by atoms with Crippen molar-refractivity contribution < 1.29 is 33.3 Å². The normalized spacial score (nSPS) is 12.6. The second kappa shape index (κ2) is 41.3. The van der Waals surface area contributed by atoms with Gasteiger partial charge in [0.25, 0.3) is 0 Å². The summed E-state index contributed by atoms with van der Waals surface area (Å²) >= 11 is 0. The second-order valence-electron chi connectivity index (χ2n) is 16.1. The number of rotatable bonds is 42. The first-order chi connectivity index (χ1) is 27.3. The molecule has 0 aliphatic rings. The minimum absolute atomic E-state index is 0.103. The van der Waals surface area contributed by atoms with E-state index in [0.717, 1.165) is 90.4 Å². The zero-order chi connectivity index (χ0) is 41.3. The van der Waals surface area contributed by atoms with Crippen LogP contribution in [0.25, 0.3) is 0 Å². The molecule has 0 radical (unpaired) electrons. The molecule has 9 nitrogen and oxygen atoms in total. The fraction of sp³-hybridized carbons (Fsp3) is 0.936. The van der Waals surface area contributed by atoms with E-state index in [1.807, 2.05) is 0 Å². The number of unbranched alkanes of at least 4 members (excludes halogenated alkanes) is 16. The number of carbonyl (C=O) groups is 3. The minimum atomic E-state index is -0.626. The monoisotopic (exact) mass is 797 g/mol. The fourth-order valence-corrected chi connectivity index (χ4v) is 7.19. The standard InChI is InChI=1S/C47H92N2O7/c1-7-13-17-21-23-25-31-43(30-24-19-15-9-3)42-55-46(51)35-29-28-33-44(32-26-20-16-10-4)56-47(52)54-41-39-49(37-36-48(11-5)12-6)38-40-53-45(50)34-27-22-18-14-8-2/h43-44H,7-42H2,1-6H3. The van der Waals surface area contributed by atoms with Crippen LogP contribution < -0.4 is 0 Å². The molecule has 0 aliphatic carbocycles. The van der Waals surface area contributed by atoms with Gasteiger partial charge in [0.15, 0.2) is 0 Å². The fourth-order valence-electron chi connectivity index (χ4n) is 7.19. The highest BCUT2D eigenvalue weighted by Crippen LogP contribution is 2.21. The van der Waals surface area contributed by atoms with Crippen LogP contribution in [0.15, 0.2) is 0 Å². The summed E-state index contributed by atoms with van der Waals surface area (Å²) in [6.07, 6.45) is 28.1. The number of likely N-dealkylation sites (N-methyl/N-ethyl adjacent to an activating group) is 1. The van der Waals surface area contributed by atoms with Gasteiger partial charge in [-0.3, -0.25) is 14.5 Å². The topological polar surface area (TPSA) is 94.6 Å². The van der Waals surface area contributed by atoms with Crippen molar-refractivity contribution in [1.82, 2.24) is 9.80 Å². The maximum Gasteiger partial charge on any atom is 0.508 e. The smallest absolute Gasteiger partial charge is 0.465 e. The molecule has 0 saturated carbocycles. The Kier molecular flexibility index (Phi) is 39.9. The van der Waals surface area contributed by atoms with E-state index in [2.05, 4.69) is 51.3 Å². The van der Waals surface area contributed by atoms with E-state index in [9.17, 15) is 14.4 Å². The molecule has 56 heavy (non-hydrogen) atoms. The molecular weight excluding hydrogens is 705 g/mol. The molecule has 0 bridgehead atoms. The number of carbonyl (C=O) groups excluding carboxylic acids is 3. The first-order valence-electron chi connectivity index (χ1n) is 23.9. The van der Waals surface area contributed by atoms with E-state index in [0.29, 0.717) is 51.5 Å². The molecule has 332 valence electrons. The zero-order valence-electron chi connectivity index (χ0n) is 37.9. The van der Waals surface area contributed by atoms with E-state index in [1.165, 1.54) is 89.9 Å². The molecule has 0 heterocycles. The number of hydrogen-bond donors (Lipinski definition) is 0. The van der Waals surface area contributed by atoms with Crippen LogP contribution in [0.5, 0.6) is 0 Å². The van der Waals surface area contributed by atoms with Crippen molar-refractivity contribution >= 4 is 18.1 Å². The van der Waals surface area contributed by atoms with E-state index < -0.39 is 6.16 Å². The van der Waals surface area contributed by atoms with E-state index in [4.69, 9.17) is 18.9 Å². The number of ether oxygens (including phenoxy) is 4. The summed E-state index contributed by atoms with van der Waals surface area (Å²) in [7, 11) is 0. The molecule has 0 N–H and O–H groups in total. The van der Waals surface area contributed by atoms with Crippen LogP contribution in [0.2, 0.25) is 0 Å². The van der Waals surface area contributed by atoms with Crippen molar-refractivity contribution in [3.63, 3.8) is 0 Å². The first kappa shape index (κ1) is 54.1. The number of nitrogens with zero attached hydrogens (tertiary/aromatic N) is 2. The third-order valence-electron chi connectivity index (χ3n) is 11.1. The first-order valence-corrected chi connectivity index (χ1v) is 23.9. The van der Waals surface area contributed by atoms with Crippen molar-refractivity contribution in [2.75, 3.05) is 59.1 Å². The highest BCUT2D eigenvalue weighted by Gasteiger charge is 2.18. The lowest BCUT2D eigenvalue weighted by molar-refractivity contribution is -0.145. The lowest BCUT2D eigenvalue weighted by atomic mass is 9.95. The van der Waals surface area contributed by atoms with Gasteiger partial charge in [-0.1, -0.05) is 151 Å². The molecule has 2 unspecified atom stereocenters. The third-order valence-corrected chi connectivity index (χ3v) is 11.1. The van der Waals surface area contributed by atoms with E-state index in [-0.39, 0.29) is 24.6 Å². The Bertz CT molecular complexity index is 885. The predicted octanol–water partition coefficient (Wildman–Crippen LogP) is 12.5. The second-order valence-corrected chi connectivity index (χ2v) is 16.1. The average molecular weight is 797 g/mol. The maximum absolute atomic E-state index is 12.9. The highest BCUT2D eigenvalue weighted by molar-refractivity contribution is 5.69. The van der Waals surface area contributed by atoms with Crippen molar-refractivity contribution in [2.24, 2.45) is 5.92 Å². The summed E-state index contributed by atoms with van der Waals surface area (Å²) in [6.45, 7) is 19.1. The van der Waals surface area contributed by atoms with Crippen molar-refractivity contribution in [3.05, 3.63) is 0 Å².